The zero-order chi connectivity index (χ0) is 10.4. The SMILES string of the molecule is CC(=C=C(C#N)C#N)c1ccccc1. The summed E-state index contributed by atoms with van der Waals surface area (Å²) in [5.41, 5.74) is 4.51. The van der Waals surface area contributed by atoms with Gasteiger partial charge in [-0.25, -0.2) is 0 Å². The molecule has 0 aliphatic heterocycles. The molecule has 1 aromatic carbocycles. The van der Waals surface area contributed by atoms with Gasteiger partial charge in [-0.2, -0.15) is 10.5 Å². The lowest BCUT2D eigenvalue weighted by atomic mass is 10.1. The number of rotatable bonds is 1. The van der Waals surface area contributed by atoms with E-state index in [0.717, 1.165) is 11.1 Å². The molecule has 0 bridgehead atoms. The molecule has 0 unspecified atom stereocenters. The van der Waals surface area contributed by atoms with Gasteiger partial charge in [0.05, 0.1) is 0 Å². The highest BCUT2D eigenvalue weighted by atomic mass is 14.3. The third-order valence-corrected chi connectivity index (χ3v) is 1.74. The van der Waals surface area contributed by atoms with Crippen LogP contribution in [0.15, 0.2) is 41.6 Å². The van der Waals surface area contributed by atoms with Crippen molar-refractivity contribution in [3.05, 3.63) is 47.2 Å². The van der Waals surface area contributed by atoms with Crippen molar-refractivity contribution in [1.29, 1.82) is 10.5 Å². The van der Waals surface area contributed by atoms with Gasteiger partial charge in [-0.05, 0) is 12.5 Å². The first-order chi connectivity index (χ1) is 6.77. The fourth-order valence-corrected chi connectivity index (χ4v) is 1.03. The molecule has 0 heterocycles. The second-order valence-electron chi connectivity index (χ2n) is 2.71. The molecule has 0 aliphatic carbocycles. The predicted octanol–water partition coefficient (Wildman–Crippen LogP) is 2.66. The average Bonchev–Trinajstić information content (AvgIpc) is 2.26. The van der Waals surface area contributed by atoms with Gasteiger partial charge in [-0.15, -0.1) is 0 Å². The van der Waals surface area contributed by atoms with Gasteiger partial charge in [-0.3, -0.25) is 0 Å². The normalized spacial score (nSPS) is 7.93. The van der Waals surface area contributed by atoms with E-state index in [-0.39, 0.29) is 5.57 Å². The van der Waals surface area contributed by atoms with Crippen LogP contribution >= 0.6 is 0 Å². The van der Waals surface area contributed by atoms with Gasteiger partial charge in [0, 0.05) is 5.57 Å². The summed E-state index contributed by atoms with van der Waals surface area (Å²) < 4.78 is 0. The van der Waals surface area contributed by atoms with Crippen LogP contribution in [0.2, 0.25) is 0 Å². The third kappa shape index (κ3) is 2.35. The van der Waals surface area contributed by atoms with E-state index in [1.165, 1.54) is 0 Å². The van der Waals surface area contributed by atoms with Gasteiger partial charge in [0.1, 0.15) is 12.1 Å². The molecule has 0 amide bonds. The Labute approximate surface area is 83.0 Å². The largest absolute Gasteiger partial charge is 0.191 e. The number of nitrogens with zero attached hydrogens (tertiary/aromatic N) is 2. The Kier molecular flexibility index (Phi) is 3.27. The highest BCUT2D eigenvalue weighted by Gasteiger charge is 1.94. The van der Waals surface area contributed by atoms with Gasteiger partial charge < -0.3 is 0 Å². The number of hydrogen-bond acceptors (Lipinski definition) is 2. The first kappa shape index (κ1) is 9.81. The molecule has 0 radical (unpaired) electrons. The van der Waals surface area contributed by atoms with Crippen molar-refractivity contribution in [3.8, 4) is 12.1 Å². The van der Waals surface area contributed by atoms with Gasteiger partial charge in [0.15, 0.2) is 5.57 Å². The van der Waals surface area contributed by atoms with E-state index in [2.05, 4.69) is 5.73 Å². The number of benzene rings is 1. The van der Waals surface area contributed by atoms with Gasteiger partial charge in [0.25, 0.3) is 0 Å². The van der Waals surface area contributed by atoms with Crippen LogP contribution in [-0.2, 0) is 0 Å². The maximum Gasteiger partial charge on any atom is 0.171 e. The predicted molar refractivity (Wildman–Crippen MR) is 53.8 cm³/mol. The van der Waals surface area contributed by atoms with Gasteiger partial charge in [-0.1, -0.05) is 36.1 Å². The van der Waals surface area contributed by atoms with E-state index >= 15 is 0 Å². The van der Waals surface area contributed by atoms with E-state index in [4.69, 9.17) is 10.5 Å². The molecule has 66 valence electrons. The summed E-state index contributed by atoms with van der Waals surface area (Å²) in [6, 6.07) is 13.1. The summed E-state index contributed by atoms with van der Waals surface area (Å²) in [4.78, 5) is 0. The quantitative estimate of drug-likeness (QED) is 0.492. The third-order valence-electron chi connectivity index (χ3n) is 1.74. The first-order valence-corrected chi connectivity index (χ1v) is 4.11. The van der Waals surface area contributed by atoms with E-state index in [1.807, 2.05) is 37.3 Å². The second kappa shape index (κ2) is 4.67. The van der Waals surface area contributed by atoms with Crippen LogP contribution in [-0.4, -0.2) is 0 Å². The molecule has 0 saturated heterocycles. The van der Waals surface area contributed by atoms with Crippen molar-refractivity contribution in [1.82, 2.24) is 0 Å². The Balaban J connectivity index is 3.23. The topological polar surface area (TPSA) is 47.6 Å². The van der Waals surface area contributed by atoms with Crippen LogP contribution in [0.1, 0.15) is 12.5 Å². The Bertz CT molecular complexity index is 447. The minimum absolute atomic E-state index is 0.00588. The molecule has 1 aromatic rings. The molecule has 0 saturated carbocycles. The molecule has 0 atom stereocenters. The van der Waals surface area contributed by atoms with Crippen LogP contribution in [0.25, 0.3) is 5.57 Å². The molecule has 0 aliphatic rings. The zero-order valence-electron chi connectivity index (χ0n) is 7.78. The van der Waals surface area contributed by atoms with Crippen LogP contribution < -0.4 is 0 Å². The van der Waals surface area contributed by atoms with Gasteiger partial charge >= 0.3 is 0 Å². The van der Waals surface area contributed by atoms with Crippen LogP contribution in [0.3, 0.4) is 0 Å². The summed E-state index contributed by atoms with van der Waals surface area (Å²) >= 11 is 0. The molecule has 14 heavy (non-hydrogen) atoms. The van der Waals surface area contributed by atoms with Crippen molar-refractivity contribution in [2.75, 3.05) is 0 Å². The Hall–Kier alpha value is -2.28. The van der Waals surface area contributed by atoms with E-state index in [9.17, 15) is 0 Å². The van der Waals surface area contributed by atoms with Crippen LogP contribution in [0.5, 0.6) is 0 Å². The Morgan fingerprint density at radius 3 is 2.14 bits per heavy atom. The summed E-state index contributed by atoms with van der Waals surface area (Å²) in [6.07, 6.45) is 0. The van der Waals surface area contributed by atoms with E-state index in [0.29, 0.717) is 0 Å². The average molecular weight is 180 g/mol. The first-order valence-electron chi connectivity index (χ1n) is 4.11. The Morgan fingerprint density at radius 2 is 1.64 bits per heavy atom. The zero-order valence-corrected chi connectivity index (χ0v) is 7.78. The number of allylic oxidation sites excluding steroid dienone is 1. The van der Waals surface area contributed by atoms with Crippen molar-refractivity contribution < 1.29 is 0 Å². The number of hydrogen-bond donors (Lipinski definition) is 0. The van der Waals surface area contributed by atoms with Crippen molar-refractivity contribution in [2.24, 2.45) is 0 Å². The lowest BCUT2D eigenvalue weighted by Gasteiger charge is -1.95. The summed E-state index contributed by atoms with van der Waals surface area (Å²) in [7, 11) is 0. The van der Waals surface area contributed by atoms with Crippen molar-refractivity contribution in [2.45, 2.75) is 6.92 Å². The summed E-state index contributed by atoms with van der Waals surface area (Å²) in [6.45, 7) is 1.82. The van der Waals surface area contributed by atoms with Crippen molar-refractivity contribution in [3.63, 3.8) is 0 Å². The van der Waals surface area contributed by atoms with E-state index in [1.54, 1.807) is 12.1 Å². The molecule has 0 N–H and O–H groups in total. The minimum atomic E-state index is 0.00588. The van der Waals surface area contributed by atoms with Crippen molar-refractivity contribution >= 4 is 5.57 Å². The molecule has 0 fully saturated rings. The monoisotopic (exact) mass is 180 g/mol. The molecular formula is C12H8N2. The molecule has 0 spiro atoms. The lowest BCUT2D eigenvalue weighted by Crippen LogP contribution is -1.76. The highest BCUT2D eigenvalue weighted by Crippen LogP contribution is 2.11. The van der Waals surface area contributed by atoms with Gasteiger partial charge in [0.2, 0.25) is 0 Å². The maximum absolute atomic E-state index is 8.54. The van der Waals surface area contributed by atoms with Crippen LogP contribution in [0, 0.1) is 22.7 Å². The fourth-order valence-electron chi connectivity index (χ4n) is 1.03. The molecular weight excluding hydrogens is 172 g/mol. The molecule has 0 aromatic heterocycles. The Morgan fingerprint density at radius 1 is 1.07 bits per heavy atom. The number of nitriles is 2. The lowest BCUT2D eigenvalue weighted by molar-refractivity contribution is 1.46. The highest BCUT2D eigenvalue weighted by molar-refractivity contribution is 5.64. The maximum atomic E-state index is 8.54. The molecule has 2 nitrogen and oxygen atoms in total. The standard InChI is InChI=1S/C12H8N2/c1-10(7-11(8-13)9-14)12-5-3-2-4-6-12/h2-6H,1H3. The second-order valence-corrected chi connectivity index (χ2v) is 2.71. The van der Waals surface area contributed by atoms with E-state index < -0.39 is 0 Å². The molecule has 2 heteroatoms. The molecule has 1 rings (SSSR count). The minimum Gasteiger partial charge on any atom is -0.191 e. The summed E-state index contributed by atoms with van der Waals surface area (Å²) in [5.74, 6) is 0. The fraction of sp³-hybridized carbons (Fsp3) is 0.0833. The summed E-state index contributed by atoms with van der Waals surface area (Å²) in [5, 5.41) is 17.1. The smallest absolute Gasteiger partial charge is 0.171 e. The van der Waals surface area contributed by atoms with Crippen LogP contribution in [0.4, 0.5) is 0 Å².